The van der Waals surface area contributed by atoms with Gasteiger partial charge in [-0.3, -0.25) is 10.1 Å². The zero-order chi connectivity index (χ0) is 13.4. The van der Waals surface area contributed by atoms with Crippen molar-refractivity contribution in [3.8, 4) is 0 Å². The van der Waals surface area contributed by atoms with Gasteiger partial charge in [-0.2, -0.15) is 0 Å². The molecule has 98 valence electrons. The second-order valence-corrected chi connectivity index (χ2v) is 6.13. The van der Waals surface area contributed by atoms with Crippen molar-refractivity contribution in [3.05, 3.63) is 38.8 Å². The highest BCUT2D eigenvalue weighted by molar-refractivity contribution is 7.15. The Bertz CT molecular complexity index is 640. The van der Waals surface area contributed by atoms with Crippen molar-refractivity contribution in [1.82, 2.24) is 10.2 Å². The topological polar surface area (TPSA) is 54.9 Å². The Hall–Kier alpha value is -1.17. The number of nitrogens with zero attached hydrogens (tertiary/aromatic N) is 2. The molecule has 0 atom stereocenters. The summed E-state index contributed by atoms with van der Waals surface area (Å²) >= 11 is 13.1. The van der Waals surface area contributed by atoms with Gasteiger partial charge in [0, 0.05) is 11.5 Å². The summed E-state index contributed by atoms with van der Waals surface area (Å²) in [5, 5.41) is 13.0. The molecule has 1 N–H and O–H groups in total. The molecule has 7 heteroatoms. The number of amides is 1. The van der Waals surface area contributed by atoms with E-state index in [2.05, 4.69) is 15.5 Å². The number of carbonyl (C=O) groups excluding carboxylic acids is 1. The molecule has 19 heavy (non-hydrogen) atoms. The van der Waals surface area contributed by atoms with Gasteiger partial charge in [0.25, 0.3) is 5.91 Å². The van der Waals surface area contributed by atoms with Gasteiger partial charge in [0.1, 0.15) is 5.01 Å². The summed E-state index contributed by atoms with van der Waals surface area (Å²) in [7, 11) is 0. The summed E-state index contributed by atoms with van der Waals surface area (Å²) in [5.74, 6) is 0.269. The molecule has 0 radical (unpaired) electrons. The van der Waals surface area contributed by atoms with E-state index in [1.165, 1.54) is 17.4 Å². The van der Waals surface area contributed by atoms with Gasteiger partial charge in [0.05, 0.1) is 10.0 Å². The number of carbonyl (C=O) groups is 1. The van der Waals surface area contributed by atoms with Crippen molar-refractivity contribution in [2.75, 3.05) is 5.32 Å². The monoisotopic (exact) mass is 313 g/mol. The molecule has 1 saturated carbocycles. The van der Waals surface area contributed by atoms with E-state index in [1.54, 1.807) is 12.1 Å². The first-order chi connectivity index (χ1) is 9.13. The fourth-order valence-corrected chi connectivity index (χ4v) is 2.79. The second-order valence-electron chi connectivity index (χ2n) is 4.30. The molecule has 4 nitrogen and oxygen atoms in total. The fraction of sp³-hybridized carbons (Fsp3) is 0.250. The minimum atomic E-state index is -0.267. The van der Waals surface area contributed by atoms with Crippen molar-refractivity contribution in [3.63, 3.8) is 0 Å². The van der Waals surface area contributed by atoms with Crippen molar-refractivity contribution in [2.45, 2.75) is 18.8 Å². The van der Waals surface area contributed by atoms with Crippen LogP contribution in [-0.4, -0.2) is 16.1 Å². The molecule has 1 aromatic heterocycles. The zero-order valence-corrected chi connectivity index (χ0v) is 12.0. The molecular weight excluding hydrogens is 305 g/mol. The number of aromatic nitrogens is 2. The first kappa shape index (κ1) is 12.8. The number of hydrogen-bond donors (Lipinski definition) is 1. The number of halogens is 2. The molecule has 1 aliphatic rings. The highest BCUT2D eigenvalue weighted by atomic mass is 35.5. The number of anilines is 1. The normalized spacial score (nSPS) is 14.4. The van der Waals surface area contributed by atoms with E-state index < -0.39 is 0 Å². The Morgan fingerprint density at radius 2 is 2.05 bits per heavy atom. The van der Waals surface area contributed by atoms with Crippen LogP contribution < -0.4 is 5.32 Å². The van der Waals surface area contributed by atoms with Crippen LogP contribution in [0.25, 0.3) is 0 Å². The molecule has 1 heterocycles. The smallest absolute Gasteiger partial charge is 0.257 e. The third kappa shape index (κ3) is 2.88. The predicted molar refractivity (Wildman–Crippen MR) is 76.3 cm³/mol. The molecule has 0 bridgehead atoms. The van der Waals surface area contributed by atoms with Crippen LogP contribution in [-0.2, 0) is 0 Å². The number of benzene rings is 1. The van der Waals surface area contributed by atoms with Gasteiger partial charge in [-0.05, 0) is 31.0 Å². The van der Waals surface area contributed by atoms with Crippen molar-refractivity contribution in [1.29, 1.82) is 0 Å². The third-order valence-electron chi connectivity index (χ3n) is 2.77. The number of rotatable bonds is 3. The van der Waals surface area contributed by atoms with E-state index in [1.807, 2.05) is 0 Å². The lowest BCUT2D eigenvalue weighted by Crippen LogP contribution is -2.11. The molecular formula is C12H9Cl2N3OS. The van der Waals surface area contributed by atoms with Gasteiger partial charge in [0.15, 0.2) is 0 Å². The summed E-state index contributed by atoms with van der Waals surface area (Å²) in [6.07, 6.45) is 2.32. The lowest BCUT2D eigenvalue weighted by atomic mass is 10.2. The van der Waals surface area contributed by atoms with E-state index >= 15 is 0 Å². The molecule has 0 unspecified atom stereocenters. The molecule has 1 amide bonds. The molecule has 0 aliphatic heterocycles. The standard InChI is InChI=1S/C12H9Cl2N3OS/c13-8-4-3-7(5-9(8)14)10(18)15-12-17-16-11(19-12)6-1-2-6/h3-6H,1-2H2,(H,15,17,18). The van der Waals surface area contributed by atoms with Crippen LogP contribution in [0.1, 0.15) is 34.1 Å². The predicted octanol–water partition coefficient (Wildman–Crippen LogP) is 3.97. The van der Waals surface area contributed by atoms with Crippen LogP contribution in [0.4, 0.5) is 5.13 Å². The SMILES string of the molecule is O=C(Nc1nnc(C2CC2)s1)c1ccc(Cl)c(Cl)c1. The maximum Gasteiger partial charge on any atom is 0.257 e. The Morgan fingerprint density at radius 3 is 2.74 bits per heavy atom. The van der Waals surface area contributed by atoms with Gasteiger partial charge in [0.2, 0.25) is 5.13 Å². The quantitative estimate of drug-likeness (QED) is 0.932. The Labute approximate surface area is 123 Å². The van der Waals surface area contributed by atoms with Crippen molar-refractivity contribution >= 4 is 45.6 Å². The Morgan fingerprint density at radius 1 is 1.26 bits per heavy atom. The third-order valence-corrected chi connectivity index (χ3v) is 4.51. The second kappa shape index (κ2) is 5.07. The minimum Gasteiger partial charge on any atom is -0.296 e. The van der Waals surface area contributed by atoms with Gasteiger partial charge >= 0.3 is 0 Å². The average molecular weight is 314 g/mol. The lowest BCUT2D eigenvalue weighted by Gasteiger charge is -2.02. The summed E-state index contributed by atoms with van der Waals surface area (Å²) in [6, 6.07) is 4.74. The zero-order valence-electron chi connectivity index (χ0n) is 9.69. The molecule has 0 spiro atoms. The van der Waals surface area contributed by atoms with Gasteiger partial charge in [-0.15, -0.1) is 10.2 Å². The maximum atomic E-state index is 12.0. The molecule has 2 aromatic rings. The minimum absolute atomic E-state index is 0.267. The summed E-state index contributed by atoms with van der Waals surface area (Å²) in [5.41, 5.74) is 0.442. The van der Waals surface area contributed by atoms with Gasteiger partial charge in [-0.1, -0.05) is 34.5 Å². The molecule has 1 aromatic carbocycles. The lowest BCUT2D eigenvalue weighted by molar-refractivity contribution is 0.102. The Kier molecular flexibility index (Phi) is 3.43. The first-order valence-electron chi connectivity index (χ1n) is 5.73. The number of nitrogens with one attached hydrogen (secondary N) is 1. The maximum absolute atomic E-state index is 12.0. The summed E-state index contributed by atoms with van der Waals surface area (Å²) in [6.45, 7) is 0. The molecule has 1 aliphatic carbocycles. The van der Waals surface area contributed by atoms with Crippen LogP contribution in [0.15, 0.2) is 18.2 Å². The first-order valence-corrected chi connectivity index (χ1v) is 7.30. The van der Waals surface area contributed by atoms with E-state index in [-0.39, 0.29) is 5.91 Å². The van der Waals surface area contributed by atoms with E-state index in [0.29, 0.717) is 26.7 Å². The highest BCUT2D eigenvalue weighted by Gasteiger charge is 2.27. The molecule has 1 fully saturated rings. The average Bonchev–Trinajstić information content (AvgIpc) is 3.14. The van der Waals surface area contributed by atoms with Crippen LogP contribution >= 0.6 is 34.5 Å². The Balaban J connectivity index is 1.74. The largest absolute Gasteiger partial charge is 0.296 e. The summed E-state index contributed by atoms with van der Waals surface area (Å²) in [4.78, 5) is 12.0. The van der Waals surface area contributed by atoms with Crippen LogP contribution in [0.3, 0.4) is 0 Å². The van der Waals surface area contributed by atoms with Crippen molar-refractivity contribution in [2.24, 2.45) is 0 Å². The van der Waals surface area contributed by atoms with Crippen LogP contribution in [0.5, 0.6) is 0 Å². The van der Waals surface area contributed by atoms with Crippen molar-refractivity contribution < 1.29 is 4.79 Å². The number of hydrogen-bond acceptors (Lipinski definition) is 4. The van der Waals surface area contributed by atoms with Gasteiger partial charge in [-0.25, -0.2) is 0 Å². The van der Waals surface area contributed by atoms with E-state index in [0.717, 1.165) is 17.8 Å². The van der Waals surface area contributed by atoms with E-state index in [9.17, 15) is 4.79 Å². The summed E-state index contributed by atoms with van der Waals surface area (Å²) < 4.78 is 0. The highest BCUT2D eigenvalue weighted by Crippen LogP contribution is 2.42. The van der Waals surface area contributed by atoms with Gasteiger partial charge < -0.3 is 0 Å². The molecule has 0 saturated heterocycles. The van der Waals surface area contributed by atoms with Crippen LogP contribution in [0.2, 0.25) is 10.0 Å². The van der Waals surface area contributed by atoms with Crippen LogP contribution in [0, 0.1) is 0 Å². The molecule has 3 rings (SSSR count). The fourth-order valence-electron chi connectivity index (χ4n) is 1.59. The van der Waals surface area contributed by atoms with E-state index in [4.69, 9.17) is 23.2 Å².